The number of fused-ring (bicyclic) bond motifs is 2. The van der Waals surface area contributed by atoms with Crippen LogP contribution in [0.1, 0.15) is 102 Å². The molecule has 0 saturated carbocycles. The van der Waals surface area contributed by atoms with Crippen molar-refractivity contribution < 1.29 is 0 Å². The van der Waals surface area contributed by atoms with Gasteiger partial charge in [-0.15, -0.1) is 0 Å². The first kappa shape index (κ1) is 22.7. The number of aryl methyl sites for hydroxylation is 2. The van der Waals surface area contributed by atoms with E-state index in [2.05, 4.69) is 44.2 Å². The lowest BCUT2D eigenvalue weighted by molar-refractivity contribution is 0.600. The lowest BCUT2D eigenvalue weighted by Gasteiger charge is -2.13. The van der Waals surface area contributed by atoms with Gasteiger partial charge in [0.1, 0.15) is 0 Å². The second-order valence-electron chi connectivity index (χ2n) is 8.82. The molecule has 0 radical (unpaired) electrons. The van der Waals surface area contributed by atoms with E-state index >= 15 is 0 Å². The van der Waals surface area contributed by atoms with Crippen molar-refractivity contribution in [3.63, 3.8) is 0 Å². The van der Waals surface area contributed by atoms with Gasteiger partial charge in [0.15, 0.2) is 0 Å². The van der Waals surface area contributed by atoms with Gasteiger partial charge >= 0.3 is 0 Å². The summed E-state index contributed by atoms with van der Waals surface area (Å²) in [5.74, 6) is 0. The molecular weight excluding hydrogens is 364 g/mol. The molecule has 0 N–H and O–H groups in total. The molecule has 0 unspecified atom stereocenters. The molecule has 2 nitrogen and oxygen atoms in total. The predicted molar refractivity (Wildman–Crippen MR) is 131 cm³/mol. The first-order chi connectivity index (χ1) is 14.8. The Hall–Kier alpha value is -1.96. The van der Waals surface area contributed by atoms with E-state index in [1.165, 1.54) is 94.6 Å². The zero-order valence-corrected chi connectivity index (χ0v) is 19.3. The number of nitrogens with zero attached hydrogens (tertiary/aromatic N) is 2. The number of hydrogen-bond acceptors (Lipinski definition) is 2. The summed E-state index contributed by atoms with van der Waals surface area (Å²) in [4.78, 5) is 9.99. The van der Waals surface area contributed by atoms with Crippen molar-refractivity contribution in [2.75, 3.05) is 0 Å². The van der Waals surface area contributed by atoms with Crippen LogP contribution in [-0.2, 0) is 12.8 Å². The minimum absolute atomic E-state index is 0.999. The molecule has 2 aromatic carbocycles. The van der Waals surface area contributed by atoms with E-state index in [1.807, 2.05) is 6.07 Å². The van der Waals surface area contributed by atoms with Crippen LogP contribution in [0, 0.1) is 0 Å². The van der Waals surface area contributed by atoms with Gasteiger partial charge < -0.3 is 0 Å². The largest absolute Gasteiger partial charge is 0.244 e. The smallest absolute Gasteiger partial charge is 0.0929 e. The van der Waals surface area contributed by atoms with Gasteiger partial charge in [-0.2, -0.15) is 0 Å². The van der Waals surface area contributed by atoms with Crippen molar-refractivity contribution in [2.24, 2.45) is 0 Å². The van der Waals surface area contributed by atoms with Crippen LogP contribution in [0.3, 0.4) is 0 Å². The highest BCUT2D eigenvalue weighted by atomic mass is 14.8. The third kappa shape index (κ3) is 6.52. The minimum atomic E-state index is 0.999. The molecule has 0 bridgehead atoms. The van der Waals surface area contributed by atoms with Gasteiger partial charge in [0, 0.05) is 0 Å². The molecule has 0 aliphatic carbocycles. The Morgan fingerprint density at radius 1 is 0.533 bits per heavy atom. The average Bonchev–Trinajstić information content (AvgIpc) is 2.77. The third-order valence-electron chi connectivity index (χ3n) is 6.29. The van der Waals surface area contributed by atoms with Gasteiger partial charge in [-0.3, -0.25) is 0 Å². The predicted octanol–water partition coefficient (Wildman–Crippen LogP) is 8.59. The fourth-order valence-corrected chi connectivity index (χ4v) is 4.48. The summed E-state index contributed by atoms with van der Waals surface area (Å²) in [7, 11) is 0. The van der Waals surface area contributed by atoms with Gasteiger partial charge in [-0.1, -0.05) is 96.3 Å². The Bertz CT molecular complexity index is 900. The molecule has 1 heterocycles. The van der Waals surface area contributed by atoms with Crippen LogP contribution in [0.25, 0.3) is 22.1 Å². The summed E-state index contributed by atoms with van der Waals surface area (Å²) in [5.41, 5.74) is 7.20. The zero-order valence-electron chi connectivity index (χ0n) is 19.3. The van der Waals surface area contributed by atoms with E-state index in [0.717, 1.165) is 28.5 Å². The normalized spacial score (nSPS) is 11.5. The van der Waals surface area contributed by atoms with Gasteiger partial charge in [0.2, 0.25) is 0 Å². The highest BCUT2D eigenvalue weighted by Crippen LogP contribution is 2.26. The molecule has 0 aliphatic rings. The summed E-state index contributed by atoms with van der Waals surface area (Å²) in [6.07, 6.45) is 18.4. The molecule has 1 aromatic heterocycles. The maximum atomic E-state index is 5.07. The van der Waals surface area contributed by atoms with E-state index in [-0.39, 0.29) is 0 Å². The molecule has 0 amide bonds. The quantitative estimate of drug-likeness (QED) is 0.198. The van der Waals surface area contributed by atoms with Crippen LogP contribution < -0.4 is 0 Å². The van der Waals surface area contributed by atoms with Crippen molar-refractivity contribution in [1.29, 1.82) is 0 Å². The van der Waals surface area contributed by atoms with E-state index in [0.29, 0.717) is 0 Å². The van der Waals surface area contributed by atoms with Crippen LogP contribution in [0.2, 0.25) is 0 Å². The van der Waals surface area contributed by atoms with Gasteiger partial charge in [-0.05, 0) is 55.0 Å². The van der Waals surface area contributed by atoms with E-state index in [9.17, 15) is 0 Å². The van der Waals surface area contributed by atoms with Crippen molar-refractivity contribution in [3.05, 3.63) is 47.5 Å². The monoisotopic (exact) mass is 404 g/mol. The second-order valence-corrected chi connectivity index (χ2v) is 8.82. The van der Waals surface area contributed by atoms with Gasteiger partial charge in [0.25, 0.3) is 0 Å². The van der Waals surface area contributed by atoms with E-state index < -0.39 is 0 Å². The van der Waals surface area contributed by atoms with Gasteiger partial charge in [-0.25, -0.2) is 9.97 Å². The lowest BCUT2D eigenvalue weighted by atomic mass is 9.94. The third-order valence-corrected chi connectivity index (χ3v) is 6.29. The van der Waals surface area contributed by atoms with Crippen LogP contribution in [0.4, 0.5) is 0 Å². The number of unbranched alkanes of at least 4 members (excludes halogenated alkanes) is 10. The maximum absolute atomic E-state index is 5.07. The molecule has 0 spiro atoms. The van der Waals surface area contributed by atoms with Crippen LogP contribution in [-0.4, -0.2) is 9.97 Å². The summed E-state index contributed by atoms with van der Waals surface area (Å²) in [6, 6.07) is 12.8. The Balaban J connectivity index is 1.75. The molecular formula is C28H40N2. The molecule has 0 atom stereocenters. The SMILES string of the molecule is CCCCCCCCc1ccc2nc3ccccc3nc2c1CCCCCCCC. The molecule has 3 rings (SSSR count). The molecule has 30 heavy (non-hydrogen) atoms. The molecule has 162 valence electrons. The highest BCUT2D eigenvalue weighted by Gasteiger charge is 2.11. The first-order valence-electron chi connectivity index (χ1n) is 12.5. The lowest BCUT2D eigenvalue weighted by Crippen LogP contribution is -2.00. The number of benzene rings is 2. The summed E-state index contributed by atoms with van der Waals surface area (Å²) < 4.78 is 0. The minimum Gasteiger partial charge on any atom is -0.244 e. The number of aromatic nitrogens is 2. The Morgan fingerprint density at radius 2 is 1.10 bits per heavy atom. The molecule has 0 fully saturated rings. The van der Waals surface area contributed by atoms with Gasteiger partial charge in [0.05, 0.1) is 22.1 Å². The second kappa shape index (κ2) is 12.7. The molecule has 0 saturated heterocycles. The Kier molecular flexibility index (Phi) is 9.60. The fourth-order valence-electron chi connectivity index (χ4n) is 4.48. The first-order valence-corrected chi connectivity index (χ1v) is 12.5. The van der Waals surface area contributed by atoms with Crippen molar-refractivity contribution in [2.45, 2.75) is 104 Å². The zero-order chi connectivity index (χ0) is 21.0. The fraction of sp³-hybridized carbons (Fsp3) is 0.571. The molecule has 2 heteroatoms. The van der Waals surface area contributed by atoms with Crippen molar-refractivity contribution in [1.82, 2.24) is 9.97 Å². The Labute approximate surface area is 183 Å². The van der Waals surface area contributed by atoms with E-state index in [4.69, 9.17) is 9.97 Å². The highest BCUT2D eigenvalue weighted by molar-refractivity contribution is 5.88. The van der Waals surface area contributed by atoms with Crippen LogP contribution in [0.5, 0.6) is 0 Å². The topological polar surface area (TPSA) is 25.8 Å². The average molecular weight is 405 g/mol. The van der Waals surface area contributed by atoms with Crippen LogP contribution >= 0.6 is 0 Å². The maximum Gasteiger partial charge on any atom is 0.0929 e. The summed E-state index contributed by atoms with van der Waals surface area (Å²) in [5, 5.41) is 0. The standard InChI is InChI=1S/C28H40N2/c1-3-5-7-9-11-13-17-23-21-22-27-28(24(23)18-14-12-10-8-6-4-2)30-26-20-16-15-19-25(26)29-27/h15-16,19-22H,3-14,17-18H2,1-2H3. The molecule has 0 aliphatic heterocycles. The van der Waals surface area contributed by atoms with Crippen molar-refractivity contribution >= 4 is 22.1 Å². The van der Waals surface area contributed by atoms with Crippen LogP contribution in [0.15, 0.2) is 36.4 Å². The summed E-state index contributed by atoms with van der Waals surface area (Å²) in [6.45, 7) is 4.57. The number of hydrogen-bond donors (Lipinski definition) is 0. The number of rotatable bonds is 14. The summed E-state index contributed by atoms with van der Waals surface area (Å²) >= 11 is 0. The van der Waals surface area contributed by atoms with E-state index in [1.54, 1.807) is 0 Å². The number of para-hydroxylation sites is 2. The molecule has 3 aromatic rings. The van der Waals surface area contributed by atoms with Crippen molar-refractivity contribution in [3.8, 4) is 0 Å². The Morgan fingerprint density at radius 3 is 1.77 bits per heavy atom.